The van der Waals surface area contributed by atoms with Gasteiger partial charge in [-0.1, -0.05) is 17.7 Å². The van der Waals surface area contributed by atoms with E-state index in [0.29, 0.717) is 31.4 Å². The monoisotopic (exact) mass is 417 g/mol. The van der Waals surface area contributed by atoms with Crippen LogP contribution >= 0.6 is 22.9 Å². The number of nitrogens with one attached hydrogen (secondary N) is 2. The lowest BCUT2D eigenvalue weighted by molar-refractivity contribution is -0.137. The van der Waals surface area contributed by atoms with E-state index in [0.717, 1.165) is 18.7 Å². The van der Waals surface area contributed by atoms with Crippen molar-refractivity contribution in [2.24, 2.45) is 4.99 Å². The van der Waals surface area contributed by atoms with Gasteiger partial charge in [0, 0.05) is 37.3 Å². The molecule has 3 heterocycles. The molecule has 1 saturated heterocycles. The molecule has 0 bridgehead atoms. The second-order valence-corrected chi connectivity index (χ2v) is 7.55. The van der Waals surface area contributed by atoms with Crippen LogP contribution in [0.15, 0.2) is 34.8 Å². The van der Waals surface area contributed by atoms with Crippen LogP contribution in [0.2, 0.25) is 5.02 Å². The van der Waals surface area contributed by atoms with E-state index in [2.05, 4.69) is 20.6 Å². The zero-order chi connectivity index (χ0) is 19.4. The fraction of sp³-hybridized carbons (Fsp3) is 0.412. The van der Waals surface area contributed by atoms with E-state index in [1.165, 1.54) is 4.88 Å². The number of halogens is 4. The molecule has 2 N–H and O–H groups in total. The average molecular weight is 418 g/mol. The van der Waals surface area contributed by atoms with Crippen molar-refractivity contribution in [3.63, 3.8) is 0 Å². The summed E-state index contributed by atoms with van der Waals surface area (Å²) in [6, 6.07) is 5.06. The average Bonchev–Trinajstić information content (AvgIpc) is 3.29. The third kappa shape index (κ3) is 5.04. The number of aliphatic imine (C=N–C) groups is 1. The minimum absolute atomic E-state index is 0.00526. The molecule has 1 unspecified atom stereocenters. The summed E-state index contributed by atoms with van der Waals surface area (Å²) in [6.07, 6.45) is -2.83. The van der Waals surface area contributed by atoms with Crippen molar-refractivity contribution in [3.8, 4) is 0 Å². The van der Waals surface area contributed by atoms with E-state index in [-0.39, 0.29) is 11.1 Å². The number of hydrogen-bond donors (Lipinski definition) is 2. The van der Waals surface area contributed by atoms with E-state index >= 15 is 0 Å². The van der Waals surface area contributed by atoms with Crippen LogP contribution in [-0.2, 0) is 12.7 Å². The van der Waals surface area contributed by atoms with Gasteiger partial charge in [0.25, 0.3) is 0 Å². The van der Waals surface area contributed by atoms with Gasteiger partial charge in [0.2, 0.25) is 0 Å². The van der Waals surface area contributed by atoms with Gasteiger partial charge in [-0.2, -0.15) is 13.2 Å². The van der Waals surface area contributed by atoms with Crippen LogP contribution in [0.25, 0.3) is 0 Å². The van der Waals surface area contributed by atoms with Crippen LogP contribution < -0.4 is 15.5 Å². The molecule has 0 aliphatic carbocycles. The van der Waals surface area contributed by atoms with E-state index in [1.807, 2.05) is 22.4 Å². The highest BCUT2D eigenvalue weighted by atomic mass is 35.5. The van der Waals surface area contributed by atoms with Crippen LogP contribution in [0.1, 0.15) is 16.9 Å². The van der Waals surface area contributed by atoms with Crippen molar-refractivity contribution in [3.05, 3.63) is 45.2 Å². The first-order valence-electron chi connectivity index (χ1n) is 8.34. The zero-order valence-electron chi connectivity index (χ0n) is 14.6. The third-order valence-electron chi connectivity index (χ3n) is 4.21. The summed E-state index contributed by atoms with van der Waals surface area (Å²) in [6.45, 7) is 1.91. The highest BCUT2D eigenvalue weighted by Gasteiger charge is 2.33. The molecule has 1 atom stereocenters. The van der Waals surface area contributed by atoms with Crippen molar-refractivity contribution in [1.29, 1.82) is 0 Å². The van der Waals surface area contributed by atoms with Gasteiger partial charge < -0.3 is 15.5 Å². The first-order valence-corrected chi connectivity index (χ1v) is 9.60. The minimum atomic E-state index is -4.45. The maximum Gasteiger partial charge on any atom is 0.417 e. The molecule has 0 aromatic carbocycles. The van der Waals surface area contributed by atoms with Crippen LogP contribution in [-0.4, -0.2) is 37.1 Å². The molecule has 1 aliphatic heterocycles. The molecular weight excluding hydrogens is 399 g/mol. The highest BCUT2D eigenvalue weighted by molar-refractivity contribution is 7.09. The van der Waals surface area contributed by atoms with Crippen molar-refractivity contribution in [1.82, 2.24) is 15.6 Å². The fourth-order valence-corrected chi connectivity index (χ4v) is 3.79. The number of guanidine groups is 1. The van der Waals surface area contributed by atoms with Crippen LogP contribution in [0.5, 0.6) is 0 Å². The van der Waals surface area contributed by atoms with E-state index in [1.54, 1.807) is 18.4 Å². The molecule has 1 aliphatic rings. The molecule has 2 aromatic heterocycles. The van der Waals surface area contributed by atoms with Crippen molar-refractivity contribution < 1.29 is 13.2 Å². The molecule has 0 radical (unpaired) electrons. The summed E-state index contributed by atoms with van der Waals surface area (Å²) < 4.78 is 38.3. The van der Waals surface area contributed by atoms with Gasteiger partial charge in [0.1, 0.15) is 5.82 Å². The second-order valence-electron chi connectivity index (χ2n) is 6.11. The number of anilines is 1. The Hall–Kier alpha value is -2.00. The van der Waals surface area contributed by atoms with Gasteiger partial charge >= 0.3 is 6.18 Å². The summed E-state index contributed by atoms with van der Waals surface area (Å²) in [5, 5.41) is 8.61. The van der Waals surface area contributed by atoms with Gasteiger partial charge in [-0.15, -0.1) is 11.3 Å². The SMILES string of the molecule is CN=C(NCc1cccs1)NC1CCN(c2ncc(C(F)(F)F)cc2Cl)C1. The van der Waals surface area contributed by atoms with Crippen molar-refractivity contribution >= 4 is 34.7 Å². The minimum Gasteiger partial charge on any atom is -0.353 e. The summed E-state index contributed by atoms with van der Waals surface area (Å²) in [5.74, 6) is 1.05. The lowest BCUT2D eigenvalue weighted by Crippen LogP contribution is -2.44. The largest absolute Gasteiger partial charge is 0.417 e. The number of rotatable bonds is 4. The molecule has 0 spiro atoms. The maximum atomic E-state index is 12.8. The molecule has 5 nitrogen and oxygen atoms in total. The Balaban J connectivity index is 1.58. The molecule has 0 saturated carbocycles. The van der Waals surface area contributed by atoms with Crippen molar-refractivity contribution in [2.75, 3.05) is 25.0 Å². The Morgan fingerprint density at radius 2 is 2.30 bits per heavy atom. The molecule has 2 aromatic rings. The third-order valence-corrected chi connectivity index (χ3v) is 5.37. The number of thiophene rings is 1. The maximum absolute atomic E-state index is 12.8. The van der Waals surface area contributed by atoms with Crippen LogP contribution in [0, 0.1) is 0 Å². The molecule has 10 heteroatoms. The molecular formula is C17H19ClF3N5S. The lowest BCUT2D eigenvalue weighted by Gasteiger charge is -2.21. The van der Waals surface area contributed by atoms with Crippen LogP contribution in [0.4, 0.5) is 19.0 Å². The number of alkyl halides is 3. The summed E-state index contributed by atoms with van der Waals surface area (Å²) in [4.78, 5) is 11.2. The Labute approximate surface area is 164 Å². The standard InChI is InChI=1S/C17H19ClF3N5S/c1-22-16(24-9-13-3-2-6-27-13)25-12-4-5-26(10-12)15-14(18)7-11(8-23-15)17(19,20)21/h2-3,6-8,12H,4-5,9-10H2,1H3,(H2,22,24,25). The predicted octanol–water partition coefficient (Wildman–Crippen LogP) is 3.76. The van der Waals surface area contributed by atoms with Crippen LogP contribution in [0.3, 0.4) is 0 Å². The summed E-state index contributed by atoms with van der Waals surface area (Å²) >= 11 is 7.71. The molecule has 27 heavy (non-hydrogen) atoms. The molecule has 146 valence electrons. The number of aromatic nitrogens is 1. The van der Waals surface area contributed by atoms with E-state index in [9.17, 15) is 13.2 Å². The van der Waals surface area contributed by atoms with E-state index < -0.39 is 11.7 Å². The fourth-order valence-electron chi connectivity index (χ4n) is 2.86. The van der Waals surface area contributed by atoms with Gasteiger partial charge in [-0.05, 0) is 23.9 Å². The zero-order valence-corrected chi connectivity index (χ0v) is 16.1. The quantitative estimate of drug-likeness (QED) is 0.587. The Morgan fingerprint density at radius 1 is 1.48 bits per heavy atom. The molecule has 3 rings (SSSR count). The van der Waals surface area contributed by atoms with Crippen molar-refractivity contribution in [2.45, 2.75) is 25.2 Å². The first kappa shape index (κ1) is 19.8. The topological polar surface area (TPSA) is 52.6 Å². The predicted molar refractivity (Wildman–Crippen MR) is 103 cm³/mol. The van der Waals surface area contributed by atoms with E-state index in [4.69, 9.17) is 11.6 Å². The Bertz CT molecular complexity index is 794. The number of nitrogens with zero attached hydrogens (tertiary/aromatic N) is 3. The number of pyridine rings is 1. The lowest BCUT2D eigenvalue weighted by atomic mass is 10.2. The second kappa shape index (κ2) is 8.35. The Morgan fingerprint density at radius 3 is 2.93 bits per heavy atom. The first-order chi connectivity index (χ1) is 12.9. The summed E-state index contributed by atoms with van der Waals surface area (Å²) in [7, 11) is 1.70. The van der Waals surface area contributed by atoms with Gasteiger partial charge in [-0.25, -0.2) is 4.98 Å². The molecule has 0 amide bonds. The van der Waals surface area contributed by atoms with Gasteiger partial charge in [0.05, 0.1) is 17.1 Å². The Kier molecular flexibility index (Phi) is 6.11. The normalized spacial score (nSPS) is 18.0. The smallest absolute Gasteiger partial charge is 0.353 e. The number of hydrogen-bond acceptors (Lipinski definition) is 4. The molecule has 1 fully saturated rings. The highest BCUT2D eigenvalue weighted by Crippen LogP contribution is 2.34. The summed E-state index contributed by atoms with van der Waals surface area (Å²) in [5.41, 5.74) is -0.844. The van der Waals surface area contributed by atoms with Gasteiger partial charge in [-0.3, -0.25) is 4.99 Å². The van der Waals surface area contributed by atoms with Gasteiger partial charge in [0.15, 0.2) is 5.96 Å².